The highest BCUT2D eigenvalue weighted by molar-refractivity contribution is 5.74. The number of aryl methyl sites for hydroxylation is 1. The van der Waals surface area contributed by atoms with Gasteiger partial charge in [-0.1, -0.05) is 6.07 Å². The maximum absolute atomic E-state index is 12.8. The van der Waals surface area contributed by atoms with E-state index in [-0.39, 0.29) is 6.03 Å². The molecule has 0 atom stereocenters. The molecule has 1 aliphatic rings. The van der Waals surface area contributed by atoms with Gasteiger partial charge >= 0.3 is 6.03 Å². The predicted molar refractivity (Wildman–Crippen MR) is 125 cm³/mol. The number of rotatable bonds is 6. The molecule has 33 heavy (non-hydrogen) atoms. The zero-order chi connectivity index (χ0) is 23.2. The number of oxazole rings is 1. The van der Waals surface area contributed by atoms with Crippen molar-refractivity contribution < 1.29 is 18.7 Å². The highest BCUT2D eigenvalue weighted by atomic mass is 16.5. The van der Waals surface area contributed by atoms with Crippen molar-refractivity contribution in [1.29, 1.82) is 0 Å². The fourth-order valence-corrected chi connectivity index (χ4v) is 3.97. The number of amides is 2. The first-order valence-electron chi connectivity index (χ1n) is 11.0. The van der Waals surface area contributed by atoms with Crippen LogP contribution in [0.3, 0.4) is 0 Å². The number of aromatic nitrogens is 2. The first-order chi connectivity index (χ1) is 16.1. The van der Waals surface area contributed by atoms with E-state index in [2.05, 4.69) is 26.3 Å². The Hall–Kier alpha value is -3.75. The van der Waals surface area contributed by atoms with Crippen molar-refractivity contribution in [3.05, 3.63) is 54.2 Å². The number of urea groups is 1. The highest BCUT2D eigenvalue weighted by Gasteiger charge is 2.21. The van der Waals surface area contributed by atoms with E-state index >= 15 is 0 Å². The molecule has 174 valence electrons. The normalized spacial score (nSPS) is 14.0. The van der Waals surface area contributed by atoms with Gasteiger partial charge in [0.05, 0.1) is 26.0 Å². The summed E-state index contributed by atoms with van der Waals surface area (Å²) in [5.74, 6) is 2.55. The Balaban J connectivity index is 1.39. The Kier molecular flexibility index (Phi) is 6.97. The van der Waals surface area contributed by atoms with Gasteiger partial charge in [0.1, 0.15) is 5.75 Å². The summed E-state index contributed by atoms with van der Waals surface area (Å²) in [5, 5.41) is 2.98. The molecule has 1 fully saturated rings. The van der Waals surface area contributed by atoms with Crippen molar-refractivity contribution in [1.82, 2.24) is 20.2 Å². The second kappa shape index (κ2) is 10.2. The van der Waals surface area contributed by atoms with E-state index in [1.807, 2.05) is 36.1 Å². The van der Waals surface area contributed by atoms with Crippen molar-refractivity contribution >= 4 is 11.7 Å². The van der Waals surface area contributed by atoms with E-state index in [4.69, 9.17) is 13.9 Å². The second-order valence-corrected chi connectivity index (χ2v) is 7.79. The van der Waals surface area contributed by atoms with Crippen molar-refractivity contribution in [3.8, 4) is 23.0 Å². The monoisotopic (exact) mass is 451 g/mol. The Morgan fingerprint density at radius 2 is 2.00 bits per heavy atom. The minimum absolute atomic E-state index is 0.0867. The van der Waals surface area contributed by atoms with Gasteiger partial charge in [-0.15, -0.1) is 0 Å². The second-order valence-electron chi connectivity index (χ2n) is 7.79. The molecule has 9 nitrogen and oxygen atoms in total. The number of benzene rings is 1. The van der Waals surface area contributed by atoms with Crippen LogP contribution in [0.15, 0.2) is 47.1 Å². The molecule has 9 heteroatoms. The summed E-state index contributed by atoms with van der Waals surface area (Å²) >= 11 is 0. The van der Waals surface area contributed by atoms with Gasteiger partial charge in [0.2, 0.25) is 5.88 Å². The fourth-order valence-electron chi connectivity index (χ4n) is 3.97. The Morgan fingerprint density at radius 1 is 1.12 bits per heavy atom. The Labute approximate surface area is 193 Å². The summed E-state index contributed by atoms with van der Waals surface area (Å²) in [7, 11) is 3.22. The van der Waals surface area contributed by atoms with Crippen LogP contribution >= 0.6 is 0 Å². The van der Waals surface area contributed by atoms with E-state index < -0.39 is 0 Å². The maximum atomic E-state index is 12.8. The molecule has 2 aromatic heterocycles. The predicted octanol–water partition coefficient (Wildman–Crippen LogP) is 3.48. The third kappa shape index (κ3) is 5.19. The van der Waals surface area contributed by atoms with Gasteiger partial charge < -0.3 is 29.0 Å². The number of hydrogen-bond acceptors (Lipinski definition) is 7. The molecule has 0 bridgehead atoms. The molecule has 0 spiro atoms. The lowest BCUT2D eigenvalue weighted by atomic mass is 10.1. The number of anilines is 1. The van der Waals surface area contributed by atoms with Crippen LogP contribution in [0.25, 0.3) is 11.3 Å². The topological polar surface area (TPSA) is 93.0 Å². The number of pyridine rings is 1. The number of nitrogens with one attached hydrogen (secondary N) is 1. The number of carbonyl (C=O) groups is 1. The van der Waals surface area contributed by atoms with Crippen LogP contribution in [0.1, 0.15) is 17.9 Å². The van der Waals surface area contributed by atoms with Crippen molar-refractivity contribution in [2.75, 3.05) is 45.3 Å². The highest BCUT2D eigenvalue weighted by Crippen LogP contribution is 2.34. The SMILES string of the molecule is COc1cc(N2CCCN(C(=O)NCc3cccnc3OC)CC2)ccc1-c1cnc(C)o1. The van der Waals surface area contributed by atoms with Crippen LogP contribution in [0.5, 0.6) is 11.6 Å². The Bertz CT molecular complexity index is 1100. The largest absolute Gasteiger partial charge is 0.496 e. The van der Waals surface area contributed by atoms with Crippen LogP contribution in [-0.2, 0) is 6.54 Å². The number of carbonyl (C=O) groups excluding carboxylic acids is 1. The van der Waals surface area contributed by atoms with E-state index in [0.717, 1.165) is 42.1 Å². The van der Waals surface area contributed by atoms with E-state index in [0.29, 0.717) is 37.2 Å². The molecule has 4 rings (SSSR count). The molecule has 0 aliphatic carbocycles. The average molecular weight is 452 g/mol. The molecule has 3 heterocycles. The molecule has 0 saturated carbocycles. The summed E-state index contributed by atoms with van der Waals surface area (Å²) in [6.07, 6.45) is 4.24. The van der Waals surface area contributed by atoms with Gasteiger partial charge in [0.25, 0.3) is 0 Å². The van der Waals surface area contributed by atoms with Gasteiger partial charge in [0, 0.05) is 63.2 Å². The van der Waals surface area contributed by atoms with Crippen molar-refractivity contribution in [2.45, 2.75) is 19.9 Å². The number of methoxy groups -OCH3 is 2. The maximum Gasteiger partial charge on any atom is 0.317 e. The third-order valence-corrected chi connectivity index (χ3v) is 5.69. The first kappa shape index (κ1) is 22.4. The molecule has 1 aliphatic heterocycles. The van der Waals surface area contributed by atoms with Crippen molar-refractivity contribution in [2.24, 2.45) is 0 Å². The first-order valence-corrected chi connectivity index (χ1v) is 11.0. The summed E-state index contributed by atoms with van der Waals surface area (Å²) < 4.78 is 16.5. The van der Waals surface area contributed by atoms with E-state index in [9.17, 15) is 4.79 Å². The summed E-state index contributed by atoms with van der Waals surface area (Å²) in [4.78, 5) is 25.2. The van der Waals surface area contributed by atoms with Crippen LogP contribution in [-0.4, -0.2) is 61.3 Å². The molecule has 3 aromatic rings. The van der Waals surface area contributed by atoms with Crippen LogP contribution in [0, 0.1) is 6.92 Å². The molecule has 1 saturated heterocycles. The molecule has 1 N–H and O–H groups in total. The molecule has 0 radical (unpaired) electrons. The molecule has 1 aromatic carbocycles. The fraction of sp³-hybridized carbons (Fsp3) is 0.375. The van der Waals surface area contributed by atoms with Crippen LogP contribution in [0.4, 0.5) is 10.5 Å². The molecular weight excluding hydrogens is 422 g/mol. The van der Waals surface area contributed by atoms with Crippen molar-refractivity contribution in [3.63, 3.8) is 0 Å². The van der Waals surface area contributed by atoms with Gasteiger partial charge in [0.15, 0.2) is 11.7 Å². The van der Waals surface area contributed by atoms with Gasteiger partial charge in [-0.3, -0.25) is 0 Å². The lowest BCUT2D eigenvalue weighted by Gasteiger charge is -2.24. The van der Waals surface area contributed by atoms with E-state index in [1.54, 1.807) is 26.6 Å². The standard InChI is InChI=1S/C24H29N5O4/c1-17-26-16-22(33-17)20-8-7-19(14-21(20)31-2)28-10-5-11-29(13-12-28)24(30)27-15-18-6-4-9-25-23(18)32-3/h4,6-9,14,16H,5,10-13,15H2,1-3H3,(H,27,30). The number of hydrogen-bond donors (Lipinski definition) is 1. The van der Waals surface area contributed by atoms with Crippen LogP contribution in [0.2, 0.25) is 0 Å². The summed E-state index contributed by atoms with van der Waals surface area (Å²) in [5.41, 5.74) is 2.76. The summed E-state index contributed by atoms with van der Waals surface area (Å²) in [6.45, 7) is 5.09. The zero-order valence-corrected chi connectivity index (χ0v) is 19.2. The third-order valence-electron chi connectivity index (χ3n) is 5.69. The lowest BCUT2D eigenvalue weighted by Crippen LogP contribution is -2.41. The van der Waals surface area contributed by atoms with Gasteiger partial charge in [-0.2, -0.15) is 0 Å². The quantitative estimate of drug-likeness (QED) is 0.613. The van der Waals surface area contributed by atoms with Gasteiger partial charge in [-0.25, -0.2) is 14.8 Å². The Morgan fingerprint density at radius 3 is 2.76 bits per heavy atom. The summed E-state index contributed by atoms with van der Waals surface area (Å²) in [6, 6.07) is 9.70. The van der Waals surface area contributed by atoms with Crippen LogP contribution < -0.4 is 19.7 Å². The zero-order valence-electron chi connectivity index (χ0n) is 19.2. The minimum atomic E-state index is -0.0867. The minimum Gasteiger partial charge on any atom is -0.496 e. The number of nitrogens with zero attached hydrogens (tertiary/aromatic N) is 4. The van der Waals surface area contributed by atoms with Gasteiger partial charge in [-0.05, 0) is 24.6 Å². The average Bonchev–Trinajstić information content (AvgIpc) is 3.13. The smallest absolute Gasteiger partial charge is 0.317 e. The number of ether oxygens (including phenoxy) is 2. The molecule has 0 unspecified atom stereocenters. The molecule has 2 amide bonds. The van der Waals surface area contributed by atoms with E-state index in [1.165, 1.54) is 0 Å². The molecular formula is C24H29N5O4. The lowest BCUT2D eigenvalue weighted by molar-refractivity contribution is 0.201.